The van der Waals surface area contributed by atoms with Gasteiger partial charge in [0.25, 0.3) is 6.47 Å². The zero-order chi connectivity index (χ0) is 18.7. The van der Waals surface area contributed by atoms with E-state index in [1.807, 2.05) is 24.3 Å². The van der Waals surface area contributed by atoms with Crippen molar-refractivity contribution in [2.75, 3.05) is 13.2 Å². The molecule has 0 heterocycles. The number of amides is 1. The number of carbonyl (C=O) groups is 2. The molecule has 2 aliphatic rings. The molecular weight excluding hydrogens is 342 g/mol. The van der Waals surface area contributed by atoms with E-state index in [1.54, 1.807) is 0 Å². The quantitative estimate of drug-likeness (QED) is 0.786. The van der Waals surface area contributed by atoms with Crippen molar-refractivity contribution in [3.63, 3.8) is 0 Å². The van der Waals surface area contributed by atoms with Gasteiger partial charge in [-0.2, -0.15) is 0 Å². The number of carbonyl (C=O) groups excluding carboxylic acids is 2. The third kappa shape index (κ3) is 3.42. The molecule has 140 valence electrons. The SMILES string of the molecule is O=COC1(CNC(=O)OCC2c3ccccc3-c3ccccc32)CCCC1. The first-order valence-electron chi connectivity index (χ1n) is 9.43. The molecule has 0 atom stereocenters. The number of rotatable bonds is 6. The first kappa shape index (κ1) is 17.6. The van der Waals surface area contributed by atoms with E-state index in [-0.39, 0.29) is 12.5 Å². The molecule has 1 N–H and O–H groups in total. The Balaban J connectivity index is 1.40. The molecule has 1 amide bonds. The highest BCUT2D eigenvalue weighted by molar-refractivity contribution is 5.79. The number of hydrogen-bond donors (Lipinski definition) is 1. The van der Waals surface area contributed by atoms with Gasteiger partial charge in [-0.05, 0) is 47.9 Å². The third-order valence-corrected chi connectivity index (χ3v) is 5.71. The number of nitrogens with one attached hydrogen (secondary N) is 1. The van der Waals surface area contributed by atoms with Crippen LogP contribution >= 0.6 is 0 Å². The highest BCUT2D eigenvalue weighted by Crippen LogP contribution is 2.44. The lowest BCUT2D eigenvalue weighted by atomic mass is 9.98. The zero-order valence-corrected chi connectivity index (χ0v) is 15.1. The van der Waals surface area contributed by atoms with E-state index >= 15 is 0 Å². The number of ether oxygens (including phenoxy) is 2. The van der Waals surface area contributed by atoms with E-state index in [0.717, 1.165) is 25.7 Å². The van der Waals surface area contributed by atoms with E-state index in [4.69, 9.17) is 9.47 Å². The van der Waals surface area contributed by atoms with Crippen molar-refractivity contribution in [2.24, 2.45) is 0 Å². The second-order valence-electron chi connectivity index (χ2n) is 7.28. The third-order valence-electron chi connectivity index (χ3n) is 5.71. The predicted molar refractivity (Wildman–Crippen MR) is 101 cm³/mol. The normalized spacial score (nSPS) is 17.0. The molecule has 2 aliphatic carbocycles. The smallest absolute Gasteiger partial charge is 0.407 e. The van der Waals surface area contributed by atoms with Gasteiger partial charge in [0.05, 0.1) is 6.54 Å². The van der Waals surface area contributed by atoms with Crippen LogP contribution < -0.4 is 5.32 Å². The first-order chi connectivity index (χ1) is 13.2. The number of alkyl carbamates (subject to hydrolysis) is 1. The Morgan fingerprint density at radius 2 is 1.63 bits per heavy atom. The van der Waals surface area contributed by atoms with Gasteiger partial charge in [0.2, 0.25) is 0 Å². The Morgan fingerprint density at radius 1 is 1.04 bits per heavy atom. The molecule has 0 saturated heterocycles. The fourth-order valence-electron chi connectivity index (χ4n) is 4.34. The summed E-state index contributed by atoms with van der Waals surface area (Å²) in [5.41, 5.74) is 4.19. The van der Waals surface area contributed by atoms with Crippen molar-refractivity contribution >= 4 is 12.6 Å². The predicted octanol–water partition coefficient (Wildman–Crippen LogP) is 4.01. The Morgan fingerprint density at radius 3 is 2.22 bits per heavy atom. The summed E-state index contributed by atoms with van der Waals surface area (Å²) >= 11 is 0. The molecule has 0 aromatic heterocycles. The number of benzene rings is 2. The fraction of sp³-hybridized carbons (Fsp3) is 0.364. The number of hydrogen-bond acceptors (Lipinski definition) is 4. The van der Waals surface area contributed by atoms with Crippen LogP contribution in [0.1, 0.15) is 42.7 Å². The lowest BCUT2D eigenvalue weighted by Crippen LogP contribution is -2.43. The molecule has 0 spiro atoms. The maximum Gasteiger partial charge on any atom is 0.407 e. The van der Waals surface area contributed by atoms with Crippen molar-refractivity contribution in [1.82, 2.24) is 5.32 Å². The lowest BCUT2D eigenvalue weighted by molar-refractivity contribution is -0.142. The monoisotopic (exact) mass is 365 g/mol. The van der Waals surface area contributed by atoms with Crippen molar-refractivity contribution < 1.29 is 19.1 Å². The summed E-state index contributed by atoms with van der Waals surface area (Å²) < 4.78 is 10.8. The molecule has 0 bridgehead atoms. The molecule has 1 saturated carbocycles. The van der Waals surface area contributed by atoms with Gasteiger partial charge in [-0.3, -0.25) is 4.79 Å². The van der Waals surface area contributed by atoms with Crippen LogP contribution in [0.4, 0.5) is 4.79 Å². The van der Waals surface area contributed by atoms with Crippen LogP contribution in [0.2, 0.25) is 0 Å². The molecule has 5 nitrogen and oxygen atoms in total. The summed E-state index contributed by atoms with van der Waals surface area (Å²) in [6.07, 6.45) is 3.07. The molecule has 5 heteroatoms. The Kier molecular flexibility index (Phi) is 4.84. The van der Waals surface area contributed by atoms with Crippen LogP contribution in [-0.2, 0) is 14.3 Å². The first-order valence-corrected chi connectivity index (χ1v) is 9.43. The van der Waals surface area contributed by atoms with Gasteiger partial charge in [0.1, 0.15) is 12.2 Å². The maximum atomic E-state index is 12.2. The van der Waals surface area contributed by atoms with Crippen LogP contribution in [0.15, 0.2) is 48.5 Å². The van der Waals surface area contributed by atoms with Crippen molar-refractivity contribution in [3.05, 3.63) is 59.7 Å². The van der Waals surface area contributed by atoms with Crippen LogP contribution in [-0.4, -0.2) is 31.3 Å². The lowest BCUT2D eigenvalue weighted by Gasteiger charge is -2.27. The minimum Gasteiger partial charge on any atom is -0.459 e. The molecule has 2 aromatic carbocycles. The molecule has 1 fully saturated rings. The van der Waals surface area contributed by atoms with Gasteiger partial charge in [0, 0.05) is 5.92 Å². The van der Waals surface area contributed by atoms with Gasteiger partial charge in [0.15, 0.2) is 0 Å². The minimum absolute atomic E-state index is 0.0369. The summed E-state index contributed by atoms with van der Waals surface area (Å²) in [7, 11) is 0. The Hall–Kier alpha value is -2.82. The molecule has 0 unspecified atom stereocenters. The standard InChI is InChI=1S/C22H23NO4/c24-15-27-22(11-5-6-12-22)14-23-21(25)26-13-20-18-9-3-1-7-16(18)17-8-2-4-10-19(17)20/h1-4,7-10,15,20H,5-6,11-14H2,(H,23,25). The molecule has 0 radical (unpaired) electrons. The highest BCUT2D eigenvalue weighted by atomic mass is 16.6. The fourth-order valence-corrected chi connectivity index (χ4v) is 4.34. The van der Waals surface area contributed by atoms with Crippen LogP contribution in [0, 0.1) is 0 Å². The zero-order valence-electron chi connectivity index (χ0n) is 15.1. The van der Waals surface area contributed by atoms with Crippen molar-refractivity contribution in [1.29, 1.82) is 0 Å². The maximum absolute atomic E-state index is 12.2. The summed E-state index contributed by atoms with van der Waals surface area (Å²) in [4.78, 5) is 23.0. The second-order valence-corrected chi connectivity index (χ2v) is 7.28. The summed E-state index contributed by atoms with van der Waals surface area (Å²) in [6, 6.07) is 16.5. The largest absolute Gasteiger partial charge is 0.459 e. The van der Waals surface area contributed by atoms with E-state index in [1.165, 1.54) is 22.3 Å². The number of fused-ring (bicyclic) bond motifs is 3. The van der Waals surface area contributed by atoms with E-state index in [9.17, 15) is 9.59 Å². The van der Waals surface area contributed by atoms with Crippen LogP contribution in [0.5, 0.6) is 0 Å². The molecule has 27 heavy (non-hydrogen) atoms. The Labute approximate surface area is 158 Å². The molecule has 0 aliphatic heterocycles. The van der Waals surface area contributed by atoms with E-state index in [2.05, 4.69) is 29.6 Å². The van der Waals surface area contributed by atoms with E-state index in [0.29, 0.717) is 13.0 Å². The summed E-state index contributed by atoms with van der Waals surface area (Å²) in [5, 5.41) is 2.78. The minimum atomic E-state index is -0.576. The Bertz CT molecular complexity index is 796. The average molecular weight is 365 g/mol. The van der Waals surface area contributed by atoms with Gasteiger partial charge < -0.3 is 14.8 Å². The van der Waals surface area contributed by atoms with Gasteiger partial charge in [-0.25, -0.2) is 4.79 Å². The molecule has 2 aromatic rings. The average Bonchev–Trinajstić information content (AvgIpc) is 3.28. The van der Waals surface area contributed by atoms with Crippen molar-refractivity contribution in [2.45, 2.75) is 37.2 Å². The molecular formula is C22H23NO4. The summed E-state index contributed by atoms with van der Waals surface area (Å²) in [5.74, 6) is 0.0369. The second kappa shape index (κ2) is 7.43. The topological polar surface area (TPSA) is 64.6 Å². The highest BCUT2D eigenvalue weighted by Gasteiger charge is 2.36. The van der Waals surface area contributed by atoms with Gasteiger partial charge in [-0.15, -0.1) is 0 Å². The van der Waals surface area contributed by atoms with Crippen LogP contribution in [0.3, 0.4) is 0 Å². The van der Waals surface area contributed by atoms with Gasteiger partial charge >= 0.3 is 6.09 Å². The van der Waals surface area contributed by atoms with Gasteiger partial charge in [-0.1, -0.05) is 48.5 Å². The van der Waals surface area contributed by atoms with Crippen LogP contribution in [0.25, 0.3) is 11.1 Å². The van der Waals surface area contributed by atoms with Crippen molar-refractivity contribution in [3.8, 4) is 11.1 Å². The summed E-state index contributed by atoms with van der Waals surface area (Å²) in [6.45, 7) is 1.05. The molecule has 4 rings (SSSR count). The van der Waals surface area contributed by atoms with E-state index < -0.39 is 11.7 Å².